The predicted octanol–water partition coefficient (Wildman–Crippen LogP) is 5.04. The van der Waals surface area contributed by atoms with Crippen LogP contribution in [0.1, 0.15) is 15.5 Å². The van der Waals surface area contributed by atoms with Crippen LogP contribution in [0.3, 0.4) is 0 Å². The van der Waals surface area contributed by atoms with Gasteiger partial charge in [-0.25, -0.2) is 9.97 Å². The maximum Gasteiger partial charge on any atom is 0.275 e. The molecule has 1 aromatic carbocycles. The van der Waals surface area contributed by atoms with Crippen molar-refractivity contribution in [2.24, 2.45) is 0 Å². The first-order valence-electron chi connectivity index (χ1n) is 6.86. The number of fused-ring (bicyclic) bond motifs is 1. The lowest BCUT2D eigenvalue weighted by Gasteiger charge is -2.02. The summed E-state index contributed by atoms with van der Waals surface area (Å²) in [4.78, 5) is 21.2. The van der Waals surface area contributed by atoms with Gasteiger partial charge in [-0.15, -0.1) is 22.7 Å². The van der Waals surface area contributed by atoms with Crippen LogP contribution in [-0.2, 0) is 0 Å². The fourth-order valence-electron chi connectivity index (χ4n) is 2.21. The van der Waals surface area contributed by atoms with Crippen LogP contribution in [0.5, 0.6) is 0 Å². The summed E-state index contributed by atoms with van der Waals surface area (Å²) in [6.45, 7) is 1.98. The van der Waals surface area contributed by atoms with Crippen LogP contribution < -0.4 is 5.32 Å². The van der Waals surface area contributed by atoms with Crippen molar-refractivity contribution in [3.8, 4) is 10.6 Å². The van der Waals surface area contributed by atoms with Crippen LogP contribution >= 0.6 is 34.0 Å². The summed E-state index contributed by atoms with van der Waals surface area (Å²) in [5.74, 6) is -0.191. The number of benzene rings is 1. The first-order chi connectivity index (χ1) is 11.2. The normalized spacial score (nSPS) is 11.0. The highest BCUT2D eigenvalue weighted by atomic mass is 32.1. The Morgan fingerprint density at radius 3 is 2.91 bits per heavy atom. The molecule has 3 aromatic heterocycles. The van der Waals surface area contributed by atoms with Crippen molar-refractivity contribution >= 4 is 55.8 Å². The summed E-state index contributed by atoms with van der Waals surface area (Å²) in [7, 11) is 0. The van der Waals surface area contributed by atoms with Crippen LogP contribution in [0.25, 0.3) is 20.8 Å². The molecule has 0 unspecified atom stereocenters. The molecule has 3 heterocycles. The molecule has 0 spiro atoms. The number of carbonyl (C=O) groups excluding carboxylic acids is 1. The zero-order chi connectivity index (χ0) is 15.8. The number of carbonyl (C=O) groups is 1. The number of anilines is 1. The van der Waals surface area contributed by atoms with Gasteiger partial charge in [-0.2, -0.15) is 11.3 Å². The molecule has 4 aromatic rings. The fourth-order valence-corrected chi connectivity index (χ4v) is 4.59. The van der Waals surface area contributed by atoms with E-state index in [0.29, 0.717) is 5.69 Å². The summed E-state index contributed by atoms with van der Waals surface area (Å²) in [6, 6.07) is 7.74. The van der Waals surface area contributed by atoms with Gasteiger partial charge in [0.05, 0.1) is 15.2 Å². The summed E-state index contributed by atoms with van der Waals surface area (Å²) in [5, 5.41) is 10.6. The maximum absolute atomic E-state index is 12.4. The van der Waals surface area contributed by atoms with Crippen LogP contribution in [0, 0.1) is 6.92 Å². The van der Waals surface area contributed by atoms with E-state index in [1.807, 2.05) is 41.9 Å². The van der Waals surface area contributed by atoms with Gasteiger partial charge in [-0.1, -0.05) is 0 Å². The molecule has 1 N–H and O–H groups in total. The van der Waals surface area contributed by atoms with E-state index in [9.17, 15) is 4.79 Å². The molecule has 0 saturated carbocycles. The minimum absolute atomic E-state index is 0.191. The van der Waals surface area contributed by atoms with Crippen LogP contribution in [0.4, 0.5) is 5.69 Å². The largest absolute Gasteiger partial charge is 0.321 e. The molecule has 0 aliphatic rings. The lowest BCUT2D eigenvalue weighted by atomic mass is 10.3. The van der Waals surface area contributed by atoms with Gasteiger partial charge >= 0.3 is 0 Å². The molecular formula is C16H11N3OS3. The quantitative estimate of drug-likeness (QED) is 0.559. The van der Waals surface area contributed by atoms with Crippen molar-refractivity contribution in [3.63, 3.8) is 0 Å². The van der Waals surface area contributed by atoms with Gasteiger partial charge in [-0.3, -0.25) is 4.79 Å². The molecule has 0 bridgehead atoms. The highest BCUT2D eigenvalue weighted by Gasteiger charge is 2.13. The molecule has 114 valence electrons. The molecule has 0 radical (unpaired) electrons. The summed E-state index contributed by atoms with van der Waals surface area (Å²) in [5.41, 5.74) is 3.22. The molecule has 4 rings (SSSR count). The topological polar surface area (TPSA) is 54.9 Å². The fraction of sp³-hybridized carbons (Fsp3) is 0.0625. The SMILES string of the molecule is Cc1nc2ccc(NC(=O)c3csc(-c4ccsc4)n3)cc2s1. The van der Waals surface area contributed by atoms with Gasteiger partial charge < -0.3 is 5.32 Å². The number of thiophene rings is 1. The van der Waals surface area contributed by atoms with E-state index < -0.39 is 0 Å². The summed E-state index contributed by atoms with van der Waals surface area (Å²) >= 11 is 4.71. The molecule has 0 fully saturated rings. The molecule has 0 atom stereocenters. The molecular weight excluding hydrogens is 346 g/mol. The third-order valence-corrected chi connectivity index (χ3v) is 5.77. The van der Waals surface area contributed by atoms with E-state index in [1.165, 1.54) is 11.3 Å². The van der Waals surface area contributed by atoms with Crippen LogP contribution in [-0.4, -0.2) is 15.9 Å². The minimum atomic E-state index is -0.191. The number of hydrogen-bond acceptors (Lipinski definition) is 6. The molecule has 23 heavy (non-hydrogen) atoms. The third-order valence-electron chi connectivity index (χ3n) is 3.26. The Balaban J connectivity index is 1.56. The molecule has 0 saturated heterocycles. The number of amides is 1. The lowest BCUT2D eigenvalue weighted by molar-refractivity contribution is 0.102. The Bertz CT molecular complexity index is 985. The smallest absolute Gasteiger partial charge is 0.275 e. The zero-order valence-electron chi connectivity index (χ0n) is 12.1. The number of hydrogen-bond donors (Lipinski definition) is 1. The number of thiazole rings is 2. The number of aryl methyl sites for hydroxylation is 1. The lowest BCUT2D eigenvalue weighted by Crippen LogP contribution is -2.12. The van der Waals surface area contributed by atoms with Crippen molar-refractivity contribution in [2.75, 3.05) is 5.32 Å². The van der Waals surface area contributed by atoms with Crippen molar-refractivity contribution in [1.29, 1.82) is 0 Å². The van der Waals surface area contributed by atoms with Crippen LogP contribution in [0.2, 0.25) is 0 Å². The van der Waals surface area contributed by atoms with Crippen molar-refractivity contribution in [2.45, 2.75) is 6.92 Å². The van der Waals surface area contributed by atoms with Crippen molar-refractivity contribution < 1.29 is 4.79 Å². The van der Waals surface area contributed by atoms with Gasteiger partial charge in [0.15, 0.2) is 0 Å². The standard InChI is InChI=1S/C16H11N3OS3/c1-9-17-12-3-2-11(6-14(12)23-9)18-15(20)13-8-22-16(19-13)10-4-5-21-7-10/h2-8H,1H3,(H,18,20). The molecule has 0 aliphatic carbocycles. The van der Waals surface area contributed by atoms with E-state index in [-0.39, 0.29) is 5.91 Å². The van der Waals surface area contributed by atoms with E-state index in [2.05, 4.69) is 15.3 Å². The Kier molecular flexibility index (Phi) is 3.68. The Labute approximate surface area is 144 Å². The molecule has 4 nitrogen and oxygen atoms in total. The van der Waals surface area contributed by atoms with Gasteiger partial charge in [0.2, 0.25) is 0 Å². The van der Waals surface area contributed by atoms with E-state index in [0.717, 1.165) is 31.5 Å². The average Bonchev–Trinajstić information content (AvgIpc) is 3.26. The van der Waals surface area contributed by atoms with Gasteiger partial charge in [-0.05, 0) is 36.6 Å². The first kappa shape index (κ1) is 14.5. The second kappa shape index (κ2) is 5.84. The number of rotatable bonds is 3. The molecule has 1 amide bonds. The van der Waals surface area contributed by atoms with E-state index in [1.54, 1.807) is 28.1 Å². The van der Waals surface area contributed by atoms with E-state index in [4.69, 9.17) is 0 Å². The Morgan fingerprint density at radius 1 is 1.17 bits per heavy atom. The zero-order valence-corrected chi connectivity index (χ0v) is 14.5. The maximum atomic E-state index is 12.4. The Morgan fingerprint density at radius 2 is 2.09 bits per heavy atom. The van der Waals surface area contributed by atoms with E-state index >= 15 is 0 Å². The number of nitrogens with zero attached hydrogens (tertiary/aromatic N) is 2. The van der Waals surface area contributed by atoms with Crippen LogP contribution in [0.15, 0.2) is 40.4 Å². The molecule has 7 heteroatoms. The average molecular weight is 357 g/mol. The first-order valence-corrected chi connectivity index (χ1v) is 9.49. The second-order valence-electron chi connectivity index (χ2n) is 4.92. The summed E-state index contributed by atoms with van der Waals surface area (Å²) < 4.78 is 1.07. The highest BCUT2D eigenvalue weighted by Crippen LogP contribution is 2.27. The molecule has 0 aliphatic heterocycles. The van der Waals surface area contributed by atoms with Crippen molar-refractivity contribution in [1.82, 2.24) is 9.97 Å². The predicted molar refractivity (Wildman–Crippen MR) is 97.7 cm³/mol. The Hall–Kier alpha value is -2.09. The second-order valence-corrected chi connectivity index (χ2v) is 7.79. The summed E-state index contributed by atoms with van der Waals surface area (Å²) in [6.07, 6.45) is 0. The highest BCUT2D eigenvalue weighted by molar-refractivity contribution is 7.18. The monoisotopic (exact) mass is 357 g/mol. The minimum Gasteiger partial charge on any atom is -0.321 e. The van der Waals surface area contributed by atoms with Gasteiger partial charge in [0, 0.05) is 22.0 Å². The number of nitrogens with one attached hydrogen (secondary N) is 1. The number of aromatic nitrogens is 2. The van der Waals surface area contributed by atoms with Gasteiger partial charge in [0.25, 0.3) is 5.91 Å². The van der Waals surface area contributed by atoms with Crippen molar-refractivity contribution in [3.05, 3.63) is 51.1 Å². The third kappa shape index (κ3) is 2.90. The van der Waals surface area contributed by atoms with Gasteiger partial charge in [0.1, 0.15) is 10.7 Å².